The number of aromatic nitrogens is 3. The van der Waals surface area contributed by atoms with E-state index in [1.54, 1.807) is 10.6 Å². The molecule has 0 amide bonds. The number of hydrogen-bond acceptors (Lipinski definition) is 5. The summed E-state index contributed by atoms with van der Waals surface area (Å²) >= 11 is 11.2. The highest BCUT2D eigenvalue weighted by molar-refractivity contribution is 8.16. The summed E-state index contributed by atoms with van der Waals surface area (Å²) in [4.78, 5) is 18.1. The van der Waals surface area contributed by atoms with Crippen molar-refractivity contribution in [1.82, 2.24) is 9.38 Å². The first kappa shape index (κ1) is 16.4. The van der Waals surface area contributed by atoms with Crippen LogP contribution in [0.25, 0.3) is 5.65 Å². The Morgan fingerprint density at radius 2 is 2.17 bits per heavy atom. The summed E-state index contributed by atoms with van der Waals surface area (Å²) in [5.41, 5.74) is 1.82. The normalized spacial score (nSPS) is 15.9. The van der Waals surface area contributed by atoms with Gasteiger partial charge in [-0.15, -0.1) is 34.9 Å². The molecular formula is C16H15ClN3OS3+. The molecule has 3 aromatic rings. The van der Waals surface area contributed by atoms with Crippen LogP contribution in [0.4, 0.5) is 0 Å². The third-order valence-corrected chi connectivity index (χ3v) is 7.90. The number of nitrogens with zero attached hydrogens (tertiary/aromatic N) is 3. The van der Waals surface area contributed by atoms with Crippen molar-refractivity contribution in [2.75, 3.05) is 11.5 Å². The van der Waals surface area contributed by atoms with E-state index in [1.165, 1.54) is 17.8 Å². The predicted molar refractivity (Wildman–Crippen MR) is 102 cm³/mol. The smallest absolute Gasteiger partial charge is 0.240 e. The second kappa shape index (κ2) is 7.07. The Bertz CT molecular complexity index is 934. The van der Waals surface area contributed by atoms with Crippen molar-refractivity contribution in [3.8, 4) is 0 Å². The standard InChI is InChI=1S/C16H15ClN3OS3/c17-16-18-8-11(24-16)9-19-10-12(15-22-6-3-7-23-15)14(21)20-5-2-1-4-13(19)20/h1-2,4-5,8,10,15H,3,6-7,9H2/q+1. The summed E-state index contributed by atoms with van der Waals surface area (Å²) in [6, 6.07) is 5.82. The molecule has 0 bridgehead atoms. The molecule has 3 aromatic heterocycles. The summed E-state index contributed by atoms with van der Waals surface area (Å²) in [7, 11) is 0. The van der Waals surface area contributed by atoms with Crippen LogP contribution < -0.4 is 10.1 Å². The lowest BCUT2D eigenvalue weighted by Gasteiger charge is -2.20. The zero-order valence-electron chi connectivity index (χ0n) is 12.7. The Hall–Kier alpha value is -1.02. The van der Waals surface area contributed by atoms with Gasteiger partial charge in [0.05, 0.1) is 15.7 Å². The van der Waals surface area contributed by atoms with Crippen LogP contribution >= 0.6 is 46.5 Å². The molecule has 0 aromatic carbocycles. The van der Waals surface area contributed by atoms with Crippen molar-refractivity contribution in [1.29, 1.82) is 0 Å². The third-order valence-electron chi connectivity index (χ3n) is 3.83. The fourth-order valence-electron chi connectivity index (χ4n) is 2.75. The Balaban J connectivity index is 1.84. The Morgan fingerprint density at radius 3 is 2.92 bits per heavy atom. The fourth-order valence-corrected chi connectivity index (χ4v) is 6.60. The van der Waals surface area contributed by atoms with Crippen LogP contribution in [0, 0.1) is 0 Å². The van der Waals surface area contributed by atoms with Crippen molar-refractivity contribution in [2.24, 2.45) is 0 Å². The monoisotopic (exact) mass is 396 g/mol. The van der Waals surface area contributed by atoms with Gasteiger partial charge in [-0.1, -0.05) is 17.7 Å². The number of fused-ring (bicyclic) bond motifs is 1. The summed E-state index contributed by atoms with van der Waals surface area (Å²) < 4.78 is 4.62. The molecule has 1 saturated heterocycles. The maximum atomic E-state index is 12.9. The van der Waals surface area contributed by atoms with Gasteiger partial charge in [0, 0.05) is 12.3 Å². The first-order chi connectivity index (χ1) is 11.7. The topological polar surface area (TPSA) is 38.2 Å². The van der Waals surface area contributed by atoms with E-state index in [0.29, 0.717) is 11.0 Å². The lowest BCUT2D eigenvalue weighted by molar-refractivity contribution is -0.665. The number of pyridine rings is 1. The molecule has 4 heterocycles. The minimum atomic E-state index is 0.0797. The molecule has 0 atom stereocenters. The van der Waals surface area contributed by atoms with E-state index in [9.17, 15) is 4.79 Å². The van der Waals surface area contributed by atoms with E-state index in [-0.39, 0.29) is 10.1 Å². The summed E-state index contributed by atoms with van der Waals surface area (Å²) in [5.74, 6) is 2.22. The van der Waals surface area contributed by atoms with Gasteiger partial charge in [0.2, 0.25) is 0 Å². The first-order valence-corrected chi connectivity index (χ1v) is 10.9. The van der Waals surface area contributed by atoms with Gasteiger partial charge in [-0.05, 0) is 24.0 Å². The Morgan fingerprint density at radius 1 is 1.33 bits per heavy atom. The molecule has 0 radical (unpaired) electrons. The molecule has 0 saturated carbocycles. The molecule has 0 spiro atoms. The zero-order chi connectivity index (χ0) is 16.5. The van der Waals surface area contributed by atoms with Crippen molar-refractivity contribution in [2.45, 2.75) is 17.5 Å². The number of thiazole rings is 1. The summed E-state index contributed by atoms with van der Waals surface area (Å²) in [6.07, 6.45) is 6.87. The van der Waals surface area contributed by atoms with Crippen LogP contribution in [-0.2, 0) is 6.54 Å². The molecule has 8 heteroatoms. The molecule has 24 heavy (non-hydrogen) atoms. The molecular weight excluding hydrogens is 382 g/mol. The molecule has 124 valence electrons. The molecule has 0 N–H and O–H groups in total. The van der Waals surface area contributed by atoms with Crippen molar-refractivity contribution in [3.05, 3.63) is 62.1 Å². The van der Waals surface area contributed by atoms with E-state index in [1.807, 2.05) is 54.1 Å². The Kier molecular flexibility index (Phi) is 4.85. The van der Waals surface area contributed by atoms with Gasteiger partial charge < -0.3 is 0 Å². The molecule has 1 aliphatic rings. The van der Waals surface area contributed by atoms with Crippen LogP contribution in [0.3, 0.4) is 0 Å². The number of halogens is 1. The molecule has 1 aliphatic heterocycles. The minimum absolute atomic E-state index is 0.0797. The van der Waals surface area contributed by atoms with Gasteiger partial charge in [0.25, 0.3) is 5.65 Å². The van der Waals surface area contributed by atoms with Gasteiger partial charge in [0.1, 0.15) is 18.3 Å². The second-order valence-electron chi connectivity index (χ2n) is 5.45. The average molecular weight is 397 g/mol. The minimum Gasteiger partial charge on any atom is -0.240 e. The summed E-state index contributed by atoms with van der Waals surface area (Å²) in [5, 5.41) is 0. The maximum absolute atomic E-state index is 12.9. The van der Waals surface area contributed by atoms with Crippen LogP contribution in [0.5, 0.6) is 0 Å². The SMILES string of the molecule is O=c1c(C2SCCCS2)c[n+](Cc2cnc(Cl)s2)c2ccccn12. The van der Waals surface area contributed by atoms with Gasteiger partial charge in [-0.25, -0.2) is 14.3 Å². The number of thioether (sulfide) groups is 2. The van der Waals surface area contributed by atoms with Gasteiger partial charge in [-0.2, -0.15) is 4.40 Å². The predicted octanol–water partition coefficient (Wildman–Crippen LogP) is 3.61. The lowest BCUT2D eigenvalue weighted by Crippen LogP contribution is -2.41. The van der Waals surface area contributed by atoms with Crippen LogP contribution in [0.2, 0.25) is 4.47 Å². The van der Waals surface area contributed by atoms with Gasteiger partial charge in [-0.3, -0.25) is 0 Å². The molecule has 4 nitrogen and oxygen atoms in total. The highest BCUT2D eigenvalue weighted by atomic mass is 35.5. The lowest BCUT2D eigenvalue weighted by atomic mass is 10.3. The molecule has 0 unspecified atom stereocenters. The number of hydrogen-bond donors (Lipinski definition) is 0. The van der Waals surface area contributed by atoms with Crippen LogP contribution in [0.1, 0.15) is 21.4 Å². The molecule has 0 aliphatic carbocycles. The van der Waals surface area contributed by atoms with Crippen molar-refractivity contribution in [3.63, 3.8) is 0 Å². The number of rotatable bonds is 3. The van der Waals surface area contributed by atoms with Gasteiger partial charge in [0.15, 0.2) is 4.47 Å². The van der Waals surface area contributed by atoms with Crippen LogP contribution in [-0.4, -0.2) is 20.9 Å². The molecule has 4 rings (SSSR count). The van der Waals surface area contributed by atoms with Crippen molar-refractivity contribution < 1.29 is 4.57 Å². The fraction of sp³-hybridized carbons (Fsp3) is 0.312. The van der Waals surface area contributed by atoms with E-state index >= 15 is 0 Å². The maximum Gasteiger partial charge on any atom is 0.347 e. The zero-order valence-corrected chi connectivity index (χ0v) is 15.9. The summed E-state index contributed by atoms with van der Waals surface area (Å²) in [6.45, 7) is 0.660. The van der Waals surface area contributed by atoms with E-state index in [4.69, 9.17) is 11.6 Å². The molecule has 1 fully saturated rings. The van der Waals surface area contributed by atoms with Crippen LogP contribution in [0.15, 0.2) is 41.6 Å². The highest BCUT2D eigenvalue weighted by Crippen LogP contribution is 2.42. The van der Waals surface area contributed by atoms with E-state index < -0.39 is 0 Å². The van der Waals surface area contributed by atoms with E-state index in [0.717, 1.165) is 27.6 Å². The Labute approximate surface area is 156 Å². The average Bonchev–Trinajstić information content (AvgIpc) is 3.03. The first-order valence-electron chi connectivity index (χ1n) is 7.59. The highest BCUT2D eigenvalue weighted by Gasteiger charge is 2.25. The largest absolute Gasteiger partial charge is 0.347 e. The van der Waals surface area contributed by atoms with E-state index in [2.05, 4.69) is 9.55 Å². The second-order valence-corrected chi connectivity index (χ2v) is 9.87. The quantitative estimate of drug-likeness (QED) is 0.634. The van der Waals surface area contributed by atoms with Crippen molar-refractivity contribution >= 4 is 52.1 Å². The van der Waals surface area contributed by atoms with Gasteiger partial charge >= 0.3 is 5.56 Å². The third kappa shape index (κ3) is 3.22.